The summed E-state index contributed by atoms with van der Waals surface area (Å²) in [6, 6.07) is 10.6. The molecule has 0 atom stereocenters. The molecule has 1 aromatic heterocycles. The van der Waals surface area contributed by atoms with E-state index in [1.807, 2.05) is 17.0 Å². The van der Waals surface area contributed by atoms with E-state index in [4.69, 9.17) is 19.9 Å². The molecule has 2 heterocycles. The second-order valence-corrected chi connectivity index (χ2v) is 7.27. The fourth-order valence-corrected chi connectivity index (χ4v) is 3.59. The summed E-state index contributed by atoms with van der Waals surface area (Å²) in [5.74, 6) is 2.77. The van der Waals surface area contributed by atoms with E-state index < -0.39 is 0 Å². The molecule has 1 aliphatic heterocycles. The van der Waals surface area contributed by atoms with Gasteiger partial charge in [-0.1, -0.05) is 0 Å². The summed E-state index contributed by atoms with van der Waals surface area (Å²) < 4.78 is 15.9. The average Bonchev–Trinajstić information content (AvgIpc) is 2.83. The zero-order valence-corrected chi connectivity index (χ0v) is 18.3. The number of nitrogens with two attached hydrogens (primary N) is 1. The molecule has 1 fully saturated rings. The van der Waals surface area contributed by atoms with Crippen LogP contribution < -0.4 is 30.2 Å². The van der Waals surface area contributed by atoms with Crippen LogP contribution in [0.1, 0.15) is 0 Å². The minimum atomic E-state index is -0.148. The minimum absolute atomic E-state index is 0.148. The predicted octanol–water partition coefficient (Wildman–Crippen LogP) is 2.59. The van der Waals surface area contributed by atoms with Crippen molar-refractivity contribution >= 4 is 34.4 Å². The van der Waals surface area contributed by atoms with Crippen LogP contribution in [0, 0.1) is 0 Å². The number of urea groups is 1. The Morgan fingerprint density at radius 3 is 2.22 bits per heavy atom. The highest BCUT2D eigenvalue weighted by atomic mass is 16.5. The highest BCUT2D eigenvalue weighted by Gasteiger charge is 2.24. The smallest absolute Gasteiger partial charge is 0.321 e. The lowest BCUT2D eigenvalue weighted by atomic mass is 10.2. The number of fused-ring (bicyclic) bond motifs is 1. The van der Waals surface area contributed by atoms with Crippen LogP contribution in [0.4, 0.5) is 22.2 Å². The van der Waals surface area contributed by atoms with Crippen molar-refractivity contribution in [3.8, 4) is 17.2 Å². The van der Waals surface area contributed by atoms with Crippen LogP contribution >= 0.6 is 0 Å². The first-order valence-electron chi connectivity index (χ1n) is 10.2. The first-order valence-corrected chi connectivity index (χ1v) is 10.2. The molecular formula is C22H26N6O4. The second-order valence-electron chi connectivity index (χ2n) is 7.27. The molecular weight excluding hydrogens is 412 g/mol. The van der Waals surface area contributed by atoms with E-state index in [0.29, 0.717) is 66.0 Å². The van der Waals surface area contributed by atoms with Gasteiger partial charge in [-0.15, -0.1) is 0 Å². The molecule has 1 aliphatic rings. The zero-order valence-electron chi connectivity index (χ0n) is 18.3. The first-order chi connectivity index (χ1) is 15.5. The molecule has 4 rings (SSSR count). The molecule has 3 N–H and O–H groups in total. The second kappa shape index (κ2) is 9.04. The number of amides is 2. The van der Waals surface area contributed by atoms with Gasteiger partial charge in [0, 0.05) is 43.3 Å². The van der Waals surface area contributed by atoms with E-state index in [0.717, 1.165) is 5.75 Å². The molecule has 0 spiro atoms. The van der Waals surface area contributed by atoms with Gasteiger partial charge >= 0.3 is 6.03 Å². The molecule has 0 unspecified atom stereocenters. The van der Waals surface area contributed by atoms with Crippen molar-refractivity contribution < 1.29 is 19.0 Å². The number of anilines is 3. The highest BCUT2D eigenvalue weighted by molar-refractivity contribution is 5.92. The van der Waals surface area contributed by atoms with Crippen LogP contribution in [0.3, 0.4) is 0 Å². The largest absolute Gasteiger partial charge is 0.497 e. The molecule has 0 saturated carbocycles. The summed E-state index contributed by atoms with van der Waals surface area (Å²) in [5, 5.41) is 3.61. The van der Waals surface area contributed by atoms with Crippen molar-refractivity contribution in [2.75, 3.05) is 63.5 Å². The summed E-state index contributed by atoms with van der Waals surface area (Å²) in [7, 11) is 4.75. The topological polar surface area (TPSA) is 115 Å². The maximum absolute atomic E-state index is 12.6. The third-order valence-corrected chi connectivity index (χ3v) is 5.41. The lowest BCUT2D eigenvalue weighted by Crippen LogP contribution is -2.50. The number of nitrogens with one attached hydrogen (secondary N) is 1. The van der Waals surface area contributed by atoms with Crippen LogP contribution in [-0.4, -0.2) is 68.4 Å². The number of methoxy groups -OCH3 is 3. The number of ether oxygens (including phenoxy) is 3. The molecule has 2 aromatic carbocycles. The van der Waals surface area contributed by atoms with E-state index >= 15 is 0 Å². The molecule has 168 valence electrons. The number of benzene rings is 2. The van der Waals surface area contributed by atoms with E-state index in [9.17, 15) is 4.79 Å². The van der Waals surface area contributed by atoms with E-state index in [1.54, 1.807) is 50.5 Å². The number of hydrogen-bond acceptors (Lipinski definition) is 8. The zero-order chi connectivity index (χ0) is 22.7. The lowest BCUT2D eigenvalue weighted by molar-refractivity contribution is 0.208. The Morgan fingerprint density at radius 1 is 0.938 bits per heavy atom. The third kappa shape index (κ3) is 4.25. The number of nitrogen functional groups attached to an aromatic ring is 1. The number of aromatic nitrogens is 2. The number of nitrogens with zero attached hydrogens (tertiary/aromatic N) is 4. The molecule has 0 bridgehead atoms. The summed E-state index contributed by atoms with van der Waals surface area (Å²) in [4.78, 5) is 25.5. The SMILES string of the molecule is COc1ccc(NC(=O)N2CCN(c3nc(N)c4cc(OC)c(OC)cc4n3)CC2)cc1. The van der Waals surface area contributed by atoms with Gasteiger partial charge in [-0.2, -0.15) is 4.98 Å². The van der Waals surface area contributed by atoms with Gasteiger partial charge in [-0.05, 0) is 30.3 Å². The third-order valence-electron chi connectivity index (χ3n) is 5.41. The Hall–Kier alpha value is -3.95. The highest BCUT2D eigenvalue weighted by Crippen LogP contribution is 2.34. The Bertz CT molecular complexity index is 1110. The van der Waals surface area contributed by atoms with Gasteiger partial charge < -0.3 is 35.1 Å². The quantitative estimate of drug-likeness (QED) is 0.625. The molecule has 32 heavy (non-hydrogen) atoms. The maximum atomic E-state index is 12.6. The Labute approximate surface area is 185 Å². The van der Waals surface area contributed by atoms with Gasteiger partial charge in [-0.3, -0.25) is 0 Å². The first kappa shape index (κ1) is 21.3. The number of rotatable bonds is 5. The molecule has 10 nitrogen and oxygen atoms in total. The van der Waals surface area contributed by atoms with Crippen molar-refractivity contribution in [3.05, 3.63) is 36.4 Å². The molecule has 0 radical (unpaired) electrons. The number of carbonyl (C=O) groups excluding carboxylic acids is 1. The van der Waals surface area contributed by atoms with Crippen molar-refractivity contribution in [2.45, 2.75) is 0 Å². The van der Waals surface area contributed by atoms with Crippen LogP contribution in [0.25, 0.3) is 10.9 Å². The maximum Gasteiger partial charge on any atom is 0.321 e. The molecule has 0 aliphatic carbocycles. The van der Waals surface area contributed by atoms with Gasteiger partial charge in [0.1, 0.15) is 11.6 Å². The van der Waals surface area contributed by atoms with Crippen molar-refractivity contribution in [2.24, 2.45) is 0 Å². The average molecular weight is 438 g/mol. The predicted molar refractivity (Wildman–Crippen MR) is 123 cm³/mol. The van der Waals surface area contributed by atoms with Crippen LogP contribution in [0.2, 0.25) is 0 Å². The number of carbonyl (C=O) groups is 1. The Morgan fingerprint density at radius 2 is 1.59 bits per heavy atom. The van der Waals surface area contributed by atoms with Crippen molar-refractivity contribution in [1.29, 1.82) is 0 Å². The van der Waals surface area contributed by atoms with E-state index in [2.05, 4.69) is 15.3 Å². The monoisotopic (exact) mass is 438 g/mol. The van der Waals surface area contributed by atoms with E-state index in [-0.39, 0.29) is 6.03 Å². The van der Waals surface area contributed by atoms with Gasteiger partial charge in [0.15, 0.2) is 11.5 Å². The molecule has 10 heteroatoms. The van der Waals surface area contributed by atoms with Crippen molar-refractivity contribution in [1.82, 2.24) is 14.9 Å². The standard InChI is InChI=1S/C22H26N6O4/c1-30-15-6-4-14(5-7-15)24-22(29)28-10-8-27(9-11-28)21-25-17-13-19(32-3)18(31-2)12-16(17)20(23)26-21/h4-7,12-13H,8-11H2,1-3H3,(H,24,29)(H2,23,25,26). The summed E-state index contributed by atoms with van der Waals surface area (Å²) in [6.45, 7) is 2.26. The molecule has 2 amide bonds. The fourth-order valence-electron chi connectivity index (χ4n) is 3.59. The fraction of sp³-hybridized carbons (Fsp3) is 0.318. The van der Waals surface area contributed by atoms with Gasteiger partial charge in [0.25, 0.3) is 0 Å². The summed E-state index contributed by atoms with van der Waals surface area (Å²) in [6.07, 6.45) is 0. The normalized spacial score (nSPS) is 13.7. The van der Waals surface area contributed by atoms with Gasteiger partial charge in [0.05, 0.1) is 26.8 Å². The summed E-state index contributed by atoms with van der Waals surface area (Å²) in [5.41, 5.74) is 7.59. The van der Waals surface area contributed by atoms with Crippen LogP contribution in [0.5, 0.6) is 17.2 Å². The Balaban J connectivity index is 1.44. The lowest BCUT2D eigenvalue weighted by Gasteiger charge is -2.34. The Kier molecular flexibility index (Phi) is 6.02. The van der Waals surface area contributed by atoms with Crippen molar-refractivity contribution in [3.63, 3.8) is 0 Å². The number of piperazine rings is 1. The molecule has 3 aromatic rings. The van der Waals surface area contributed by atoms with E-state index in [1.165, 1.54) is 0 Å². The number of hydrogen-bond donors (Lipinski definition) is 2. The van der Waals surface area contributed by atoms with Crippen LogP contribution in [0.15, 0.2) is 36.4 Å². The minimum Gasteiger partial charge on any atom is -0.497 e. The van der Waals surface area contributed by atoms with Gasteiger partial charge in [0.2, 0.25) is 5.95 Å². The van der Waals surface area contributed by atoms with Crippen LogP contribution in [-0.2, 0) is 0 Å². The van der Waals surface area contributed by atoms with Gasteiger partial charge in [-0.25, -0.2) is 9.78 Å². The molecule has 1 saturated heterocycles. The summed E-state index contributed by atoms with van der Waals surface area (Å²) >= 11 is 0.